The summed E-state index contributed by atoms with van der Waals surface area (Å²) in [5, 5.41) is 8.77. The van der Waals surface area contributed by atoms with E-state index in [-0.39, 0.29) is 29.6 Å². The van der Waals surface area contributed by atoms with Gasteiger partial charge in [0, 0.05) is 12.6 Å². The van der Waals surface area contributed by atoms with Crippen molar-refractivity contribution in [2.45, 2.75) is 32.7 Å². The second-order valence-corrected chi connectivity index (χ2v) is 4.90. The average molecular weight is 302 g/mol. The molecule has 1 atom stereocenters. The Morgan fingerprint density at radius 3 is 2.60 bits per heavy atom. The predicted molar refractivity (Wildman–Crippen MR) is 74.5 cm³/mol. The minimum Gasteiger partial charge on any atom is -0.481 e. The Morgan fingerprint density at radius 2 is 2.10 bits per heavy atom. The van der Waals surface area contributed by atoms with Gasteiger partial charge in [-0.15, -0.1) is 0 Å². The summed E-state index contributed by atoms with van der Waals surface area (Å²) in [7, 11) is 0. The van der Waals surface area contributed by atoms with Crippen LogP contribution >= 0.6 is 11.6 Å². The highest BCUT2D eigenvalue weighted by molar-refractivity contribution is 6.33. The van der Waals surface area contributed by atoms with Gasteiger partial charge in [0.05, 0.1) is 17.0 Å². The number of rotatable bonds is 6. The van der Waals surface area contributed by atoms with Crippen LogP contribution < -0.4 is 0 Å². The van der Waals surface area contributed by atoms with Gasteiger partial charge in [0.25, 0.3) is 5.91 Å². The van der Waals surface area contributed by atoms with E-state index in [4.69, 9.17) is 16.7 Å². The Morgan fingerprint density at radius 1 is 1.45 bits per heavy atom. The average Bonchev–Trinajstić information content (AvgIpc) is 2.38. The minimum atomic E-state index is -1.01. The Bertz CT molecular complexity index is 487. The van der Waals surface area contributed by atoms with Crippen LogP contribution in [0.5, 0.6) is 0 Å². The van der Waals surface area contributed by atoms with E-state index in [0.717, 1.165) is 6.07 Å². The molecule has 0 spiro atoms. The first-order valence-corrected chi connectivity index (χ1v) is 6.73. The molecule has 0 bridgehead atoms. The van der Waals surface area contributed by atoms with Crippen molar-refractivity contribution in [3.05, 3.63) is 34.6 Å². The van der Waals surface area contributed by atoms with E-state index in [9.17, 15) is 14.0 Å². The number of nitrogens with zero attached hydrogens (tertiary/aromatic N) is 1. The molecule has 1 unspecified atom stereocenters. The lowest BCUT2D eigenvalue weighted by Crippen LogP contribution is -2.40. The number of benzene rings is 1. The molecule has 0 saturated heterocycles. The van der Waals surface area contributed by atoms with Gasteiger partial charge in [0.2, 0.25) is 0 Å². The summed E-state index contributed by atoms with van der Waals surface area (Å²) in [6.07, 6.45) is 0.444. The van der Waals surface area contributed by atoms with E-state index in [1.165, 1.54) is 17.0 Å². The van der Waals surface area contributed by atoms with Crippen molar-refractivity contribution in [3.63, 3.8) is 0 Å². The Kier molecular flexibility index (Phi) is 5.95. The van der Waals surface area contributed by atoms with Crippen LogP contribution in [-0.2, 0) is 4.79 Å². The van der Waals surface area contributed by atoms with Crippen LogP contribution in [0.3, 0.4) is 0 Å². The summed E-state index contributed by atoms with van der Waals surface area (Å²) < 4.78 is 13.8. The maximum absolute atomic E-state index is 13.8. The van der Waals surface area contributed by atoms with Crippen LogP contribution in [0.25, 0.3) is 0 Å². The third kappa shape index (κ3) is 3.93. The SMILES string of the molecule is CCC(C)N(CCC(=O)O)C(=O)c1c(F)cccc1Cl. The summed E-state index contributed by atoms with van der Waals surface area (Å²) in [6.45, 7) is 3.68. The van der Waals surface area contributed by atoms with Crippen LogP contribution in [0.1, 0.15) is 37.0 Å². The van der Waals surface area contributed by atoms with Crippen molar-refractivity contribution in [1.29, 1.82) is 0 Å². The van der Waals surface area contributed by atoms with Gasteiger partial charge in [0.15, 0.2) is 0 Å². The van der Waals surface area contributed by atoms with E-state index in [2.05, 4.69) is 0 Å². The van der Waals surface area contributed by atoms with Gasteiger partial charge in [-0.3, -0.25) is 9.59 Å². The first-order valence-electron chi connectivity index (χ1n) is 6.35. The van der Waals surface area contributed by atoms with Crippen molar-refractivity contribution >= 4 is 23.5 Å². The fourth-order valence-electron chi connectivity index (χ4n) is 1.80. The zero-order chi connectivity index (χ0) is 15.3. The third-order valence-electron chi connectivity index (χ3n) is 3.13. The Hall–Kier alpha value is -1.62. The molecule has 1 aromatic carbocycles. The van der Waals surface area contributed by atoms with Gasteiger partial charge >= 0.3 is 5.97 Å². The van der Waals surface area contributed by atoms with Crippen LogP contribution in [0.4, 0.5) is 4.39 Å². The van der Waals surface area contributed by atoms with E-state index < -0.39 is 17.7 Å². The van der Waals surface area contributed by atoms with E-state index in [1.807, 2.05) is 6.92 Å². The molecule has 4 nitrogen and oxygen atoms in total. The van der Waals surface area contributed by atoms with E-state index >= 15 is 0 Å². The molecule has 0 radical (unpaired) electrons. The molecule has 0 heterocycles. The molecule has 0 fully saturated rings. The molecule has 20 heavy (non-hydrogen) atoms. The molecule has 0 aromatic heterocycles. The number of hydrogen-bond donors (Lipinski definition) is 1. The summed E-state index contributed by atoms with van der Waals surface area (Å²) in [5.74, 6) is -2.29. The van der Waals surface area contributed by atoms with Gasteiger partial charge in [-0.2, -0.15) is 0 Å². The molecule has 0 aliphatic rings. The monoisotopic (exact) mass is 301 g/mol. The molecular weight excluding hydrogens is 285 g/mol. The van der Waals surface area contributed by atoms with Gasteiger partial charge in [-0.1, -0.05) is 24.6 Å². The number of carboxylic acid groups (broad SMARTS) is 1. The molecule has 1 N–H and O–H groups in total. The molecular formula is C14H17ClFNO3. The van der Waals surface area contributed by atoms with Crippen LogP contribution in [0.2, 0.25) is 5.02 Å². The highest BCUT2D eigenvalue weighted by Crippen LogP contribution is 2.22. The third-order valence-corrected chi connectivity index (χ3v) is 3.44. The molecule has 1 amide bonds. The fraction of sp³-hybridized carbons (Fsp3) is 0.429. The quantitative estimate of drug-likeness (QED) is 0.878. The predicted octanol–water partition coefficient (Wildman–Crippen LogP) is 3.19. The zero-order valence-electron chi connectivity index (χ0n) is 11.4. The number of carbonyl (C=O) groups excluding carboxylic acids is 1. The van der Waals surface area contributed by atoms with Gasteiger partial charge in [-0.25, -0.2) is 4.39 Å². The highest BCUT2D eigenvalue weighted by atomic mass is 35.5. The maximum atomic E-state index is 13.8. The highest BCUT2D eigenvalue weighted by Gasteiger charge is 2.25. The van der Waals surface area contributed by atoms with Crippen molar-refractivity contribution in [1.82, 2.24) is 4.90 Å². The molecule has 6 heteroatoms. The normalized spacial score (nSPS) is 12.0. The van der Waals surface area contributed by atoms with Gasteiger partial charge < -0.3 is 10.0 Å². The summed E-state index contributed by atoms with van der Waals surface area (Å²) in [5.41, 5.74) is -0.208. The molecule has 0 aliphatic heterocycles. The van der Waals surface area contributed by atoms with Crippen molar-refractivity contribution in [2.24, 2.45) is 0 Å². The number of hydrogen-bond acceptors (Lipinski definition) is 2. The van der Waals surface area contributed by atoms with Crippen molar-refractivity contribution in [2.75, 3.05) is 6.54 Å². The number of carbonyl (C=O) groups is 2. The topological polar surface area (TPSA) is 57.6 Å². The number of amides is 1. The number of aliphatic carboxylic acids is 1. The first-order chi connectivity index (χ1) is 9.38. The molecule has 0 saturated carbocycles. The molecule has 1 aromatic rings. The van der Waals surface area contributed by atoms with E-state index in [1.54, 1.807) is 6.92 Å². The fourth-order valence-corrected chi connectivity index (χ4v) is 2.05. The largest absolute Gasteiger partial charge is 0.481 e. The first kappa shape index (κ1) is 16.4. The van der Waals surface area contributed by atoms with Crippen LogP contribution in [-0.4, -0.2) is 34.5 Å². The van der Waals surface area contributed by atoms with Gasteiger partial charge in [0.1, 0.15) is 5.82 Å². The molecule has 1 rings (SSSR count). The zero-order valence-corrected chi connectivity index (χ0v) is 12.2. The van der Waals surface area contributed by atoms with Crippen LogP contribution in [0, 0.1) is 5.82 Å². The standard InChI is InChI=1S/C14H17ClFNO3/c1-3-9(2)17(8-7-12(18)19)14(20)13-10(15)5-4-6-11(13)16/h4-6,9H,3,7-8H2,1-2H3,(H,18,19). The second-order valence-electron chi connectivity index (χ2n) is 4.50. The lowest BCUT2D eigenvalue weighted by Gasteiger charge is -2.28. The smallest absolute Gasteiger partial charge is 0.305 e. The van der Waals surface area contributed by atoms with E-state index in [0.29, 0.717) is 6.42 Å². The number of carboxylic acids is 1. The Balaban J connectivity index is 3.06. The number of halogens is 2. The summed E-state index contributed by atoms with van der Waals surface area (Å²) in [4.78, 5) is 24.4. The summed E-state index contributed by atoms with van der Waals surface area (Å²) in [6, 6.07) is 3.81. The van der Waals surface area contributed by atoms with Gasteiger partial charge in [-0.05, 0) is 25.5 Å². The van der Waals surface area contributed by atoms with Crippen LogP contribution in [0.15, 0.2) is 18.2 Å². The summed E-state index contributed by atoms with van der Waals surface area (Å²) >= 11 is 5.88. The lowest BCUT2D eigenvalue weighted by molar-refractivity contribution is -0.137. The Labute approximate surface area is 122 Å². The molecule has 0 aliphatic carbocycles. The minimum absolute atomic E-state index is 0.0217. The van der Waals surface area contributed by atoms with Crippen molar-refractivity contribution in [3.8, 4) is 0 Å². The maximum Gasteiger partial charge on any atom is 0.305 e. The lowest BCUT2D eigenvalue weighted by atomic mass is 10.1. The van der Waals surface area contributed by atoms with Crippen molar-refractivity contribution < 1.29 is 19.1 Å². The second kappa shape index (κ2) is 7.24. The molecule has 110 valence electrons.